The lowest BCUT2D eigenvalue weighted by Gasteiger charge is -2.24. The van der Waals surface area contributed by atoms with Crippen LogP contribution in [0.2, 0.25) is 0 Å². The van der Waals surface area contributed by atoms with E-state index >= 15 is 0 Å². The van der Waals surface area contributed by atoms with Gasteiger partial charge in [-0.1, -0.05) is 29.8 Å². The highest BCUT2D eigenvalue weighted by molar-refractivity contribution is 9.10. The number of halogens is 1. The first kappa shape index (κ1) is 25.4. The second-order valence-electron chi connectivity index (χ2n) is 7.10. The normalized spacial score (nSPS) is 13.7. The number of anilines is 1. The summed E-state index contributed by atoms with van der Waals surface area (Å²) in [4.78, 5) is 48.0. The zero-order chi connectivity index (χ0) is 22.8. The Hall–Kier alpha value is -2.66. The third-order valence-corrected chi connectivity index (χ3v) is 4.50. The predicted molar refractivity (Wildman–Crippen MR) is 114 cm³/mol. The molecule has 1 aromatic carbocycles. The number of urea groups is 1. The van der Waals surface area contributed by atoms with Gasteiger partial charge in [0.25, 0.3) is 0 Å². The van der Waals surface area contributed by atoms with Gasteiger partial charge in [0, 0.05) is 10.2 Å². The Balaban J connectivity index is 2.75. The SMILES string of the molecule is CC(C)CC(NC(=O)C(CO)NC(=O)Nc1ccc(Br)cc1)C(=O)NC(C)C(=O)O. The van der Waals surface area contributed by atoms with Crippen LogP contribution in [-0.2, 0) is 14.4 Å². The average molecular weight is 487 g/mol. The molecule has 0 saturated carbocycles. The van der Waals surface area contributed by atoms with Crippen LogP contribution in [0.15, 0.2) is 28.7 Å². The van der Waals surface area contributed by atoms with Gasteiger partial charge in [-0.15, -0.1) is 0 Å². The molecule has 0 radical (unpaired) electrons. The molecule has 1 rings (SSSR count). The Labute approximate surface area is 182 Å². The molecule has 4 amide bonds. The third-order valence-electron chi connectivity index (χ3n) is 3.98. The second-order valence-corrected chi connectivity index (χ2v) is 8.02. The summed E-state index contributed by atoms with van der Waals surface area (Å²) in [5, 5.41) is 28.1. The van der Waals surface area contributed by atoms with E-state index in [4.69, 9.17) is 5.11 Å². The van der Waals surface area contributed by atoms with Gasteiger partial charge in [-0.3, -0.25) is 14.4 Å². The van der Waals surface area contributed by atoms with E-state index in [0.29, 0.717) is 5.69 Å². The van der Waals surface area contributed by atoms with Crippen molar-refractivity contribution >= 4 is 45.4 Å². The highest BCUT2D eigenvalue weighted by atomic mass is 79.9. The summed E-state index contributed by atoms with van der Waals surface area (Å²) in [7, 11) is 0. The van der Waals surface area contributed by atoms with E-state index in [0.717, 1.165) is 4.47 Å². The summed E-state index contributed by atoms with van der Waals surface area (Å²) in [5.41, 5.74) is 0.479. The zero-order valence-electron chi connectivity index (χ0n) is 16.9. The molecule has 1 aromatic rings. The molecule has 0 aliphatic rings. The maximum Gasteiger partial charge on any atom is 0.325 e. The highest BCUT2D eigenvalue weighted by Crippen LogP contribution is 2.14. The van der Waals surface area contributed by atoms with Crippen LogP contribution in [0.1, 0.15) is 27.2 Å². The van der Waals surface area contributed by atoms with E-state index in [1.54, 1.807) is 24.3 Å². The molecule has 6 N–H and O–H groups in total. The van der Waals surface area contributed by atoms with Crippen molar-refractivity contribution in [2.24, 2.45) is 5.92 Å². The molecule has 0 saturated heterocycles. The molecule has 30 heavy (non-hydrogen) atoms. The number of nitrogens with one attached hydrogen (secondary N) is 4. The number of carbonyl (C=O) groups excluding carboxylic acids is 3. The first-order valence-corrected chi connectivity index (χ1v) is 10.1. The summed E-state index contributed by atoms with van der Waals surface area (Å²) >= 11 is 3.28. The Morgan fingerprint density at radius 3 is 2.00 bits per heavy atom. The number of hydrogen-bond acceptors (Lipinski definition) is 5. The lowest BCUT2D eigenvalue weighted by atomic mass is 10.0. The molecule has 0 bridgehead atoms. The molecule has 0 aromatic heterocycles. The maximum atomic E-state index is 12.5. The first-order chi connectivity index (χ1) is 14.0. The summed E-state index contributed by atoms with van der Waals surface area (Å²) in [6.45, 7) is 4.28. The van der Waals surface area contributed by atoms with Crippen molar-refractivity contribution in [2.45, 2.75) is 45.3 Å². The number of carbonyl (C=O) groups is 4. The number of carboxylic acid groups (broad SMARTS) is 1. The van der Waals surface area contributed by atoms with Crippen molar-refractivity contribution in [3.8, 4) is 0 Å². The number of amides is 4. The zero-order valence-corrected chi connectivity index (χ0v) is 18.5. The summed E-state index contributed by atoms with van der Waals surface area (Å²) in [5.74, 6) is -2.63. The Bertz CT molecular complexity index is 756. The van der Waals surface area contributed by atoms with Crippen molar-refractivity contribution in [3.05, 3.63) is 28.7 Å². The van der Waals surface area contributed by atoms with Crippen molar-refractivity contribution in [3.63, 3.8) is 0 Å². The fourth-order valence-electron chi connectivity index (χ4n) is 2.40. The van der Waals surface area contributed by atoms with Crippen molar-refractivity contribution in [2.75, 3.05) is 11.9 Å². The highest BCUT2D eigenvalue weighted by Gasteiger charge is 2.28. The lowest BCUT2D eigenvalue weighted by molar-refractivity contribution is -0.141. The molecular formula is C19H27BrN4O6. The van der Waals surface area contributed by atoms with Crippen molar-refractivity contribution in [1.82, 2.24) is 16.0 Å². The molecule has 0 heterocycles. The molecular weight excluding hydrogens is 460 g/mol. The molecule has 0 aliphatic carbocycles. The van der Waals surface area contributed by atoms with Crippen molar-refractivity contribution in [1.29, 1.82) is 0 Å². The third kappa shape index (κ3) is 8.78. The number of carboxylic acids is 1. The first-order valence-electron chi connectivity index (χ1n) is 9.31. The molecule has 10 nitrogen and oxygen atoms in total. The molecule has 166 valence electrons. The molecule has 0 fully saturated rings. The smallest absolute Gasteiger partial charge is 0.325 e. The summed E-state index contributed by atoms with van der Waals surface area (Å²) in [6, 6.07) is 2.56. The Morgan fingerprint density at radius 2 is 1.50 bits per heavy atom. The molecule has 0 aliphatic heterocycles. The van der Waals surface area contributed by atoms with Gasteiger partial charge in [-0.25, -0.2) is 4.79 Å². The number of hydrogen-bond donors (Lipinski definition) is 6. The minimum absolute atomic E-state index is 0.0161. The number of rotatable bonds is 10. The second kappa shape index (κ2) is 12.1. The van der Waals surface area contributed by atoms with Gasteiger partial charge < -0.3 is 31.5 Å². The Kier molecular flexibility index (Phi) is 10.3. The largest absolute Gasteiger partial charge is 0.480 e. The van der Waals surface area contributed by atoms with Crippen molar-refractivity contribution < 1.29 is 29.4 Å². The quantitative estimate of drug-likeness (QED) is 0.290. The summed E-state index contributed by atoms with van der Waals surface area (Å²) in [6.07, 6.45) is 0.243. The van der Waals surface area contributed by atoms with Crippen LogP contribution in [0.5, 0.6) is 0 Å². The van der Waals surface area contributed by atoms with E-state index in [9.17, 15) is 24.3 Å². The minimum Gasteiger partial charge on any atom is -0.480 e. The van der Waals surface area contributed by atoms with Gasteiger partial charge >= 0.3 is 12.0 Å². The van der Waals surface area contributed by atoms with E-state index in [1.165, 1.54) is 6.92 Å². The van der Waals surface area contributed by atoms with Crippen LogP contribution >= 0.6 is 15.9 Å². The fourth-order valence-corrected chi connectivity index (χ4v) is 2.67. The molecule has 11 heteroatoms. The molecule has 0 spiro atoms. The van der Waals surface area contributed by atoms with Crippen LogP contribution in [0.3, 0.4) is 0 Å². The monoisotopic (exact) mass is 486 g/mol. The average Bonchev–Trinajstić information content (AvgIpc) is 2.66. The van der Waals surface area contributed by atoms with Crippen LogP contribution in [0.4, 0.5) is 10.5 Å². The van der Waals surface area contributed by atoms with E-state index in [-0.39, 0.29) is 12.3 Å². The molecule has 3 atom stereocenters. The molecule has 3 unspecified atom stereocenters. The Morgan fingerprint density at radius 1 is 0.933 bits per heavy atom. The number of aliphatic hydroxyl groups is 1. The van der Waals surface area contributed by atoms with Crippen LogP contribution in [0, 0.1) is 5.92 Å². The van der Waals surface area contributed by atoms with Gasteiger partial charge in [0.15, 0.2) is 0 Å². The van der Waals surface area contributed by atoms with Gasteiger partial charge in [0.1, 0.15) is 18.1 Å². The predicted octanol–water partition coefficient (Wildman–Crippen LogP) is 1.05. The number of aliphatic hydroxyl groups excluding tert-OH is 1. The topological polar surface area (TPSA) is 157 Å². The van der Waals surface area contributed by atoms with E-state index in [1.807, 2.05) is 13.8 Å². The van der Waals surface area contributed by atoms with E-state index in [2.05, 4.69) is 37.2 Å². The van der Waals surface area contributed by atoms with Crippen LogP contribution in [0.25, 0.3) is 0 Å². The van der Waals surface area contributed by atoms with Gasteiger partial charge in [0.05, 0.1) is 6.61 Å². The van der Waals surface area contributed by atoms with Gasteiger partial charge in [-0.05, 0) is 43.5 Å². The maximum absolute atomic E-state index is 12.5. The van der Waals surface area contributed by atoms with Gasteiger partial charge in [0.2, 0.25) is 11.8 Å². The lowest BCUT2D eigenvalue weighted by Crippen LogP contribution is -2.57. The van der Waals surface area contributed by atoms with E-state index < -0.39 is 48.5 Å². The number of benzene rings is 1. The van der Waals surface area contributed by atoms with Crippen LogP contribution in [-0.4, -0.2) is 58.8 Å². The number of aliphatic carboxylic acids is 1. The van der Waals surface area contributed by atoms with Crippen LogP contribution < -0.4 is 21.3 Å². The summed E-state index contributed by atoms with van der Waals surface area (Å²) < 4.78 is 0.827. The van der Waals surface area contributed by atoms with Gasteiger partial charge in [-0.2, -0.15) is 0 Å². The standard InChI is InChI=1S/C19H27BrN4O6/c1-10(2)8-14(16(26)21-11(3)18(28)29)23-17(27)15(9-25)24-19(30)22-13-6-4-12(20)5-7-13/h4-7,10-11,14-15,25H,8-9H2,1-3H3,(H,21,26)(H,23,27)(H,28,29)(H2,22,24,30). The fraction of sp³-hybridized carbons (Fsp3) is 0.474. The minimum atomic E-state index is -1.31.